The van der Waals surface area contributed by atoms with Crippen molar-refractivity contribution in [2.24, 2.45) is 5.73 Å². The number of carbonyl (C=O) groups excluding carboxylic acids is 1. The third-order valence-electron chi connectivity index (χ3n) is 3.86. The van der Waals surface area contributed by atoms with E-state index in [0.717, 1.165) is 12.5 Å². The summed E-state index contributed by atoms with van der Waals surface area (Å²) in [4.78, 5) is 20.6. The van der Waals surface area contributed by atoms with Crippen molar-refractivity contribution in [2.75, 3.05) is 6.54 Å². The molecule has 1 atom stereocenters. The van der Waals surface area contributed by atoms with Crippen molar-refractivity contribution >= 4 is 5.91 Å². The van der Waals surface area contributed by atoms with Crippen LogP contribution in [0.2, 0.25) is 0 Å². The highest BCUT2D eigenvalue weighted by molar-refractivity contribution is 5.88. The van der Waals surface area contributed by atoms with Crippen LogP contribution in [0.3, 0.4) is 0 Å². The Morgan fingerprint density at radius 2 is 2.25 bits per heavy atom. The van der Waals surface area contributed by atoms with Crippen molar-refractivity contribution in [3.63, 3.8) is 0 Å². The monoisotopic (exact) mass is 341 g/mol. The Balaban J connectivity index is 1.83. The molecule has 0 saturated carbocycles. The molecule has 7 nitrogen and oxygen atoms in total. The molecule has 24 heavy (non-hydrogen) atoms. The minimum absolute atomic E-state index is 0.00532. The fraction of sp³-hybridized carbons (Fsp3) is 0.429. The van der Waals surface area contributed by atoms with Crippen LogP contribution in [-0.4, -0.2) is 32.5 Å². The molecule has 0 spiro atoms. The van der Waals surface area contributed by atoms with Gasteiger partial charge in [-0.15, -0.1) is 0 Å². The van der Waals surface area contributed by atoms with Gasteiger partial charge in [-0.25, -0.2) is 0 Å². The van der Waals surface area contributed by atoms with E-state index in [0.29, 0.717) is 13.0 Å². The number of nitrogens with zero attached hydrogens (tertiary/aromatic N) is 4. The van der Waals surface area contributed by atoms with Crippen molar-refractivity contribution in [1.82, 2.24) is 20.0 Å². The van der Waals surface area contributed by atoms with Gasteiger partial charge in [0.25, 0.3) is 11.7 Å². The molecule has 1 unspecified atom stereocenters. The predicted molar refractivity (Wildman–Crippen MR) is 74.4 cm³/mol. The van der Waals surface area contributed by atoms with Crippen LogP contribution in [0, 0.1) is 0 Å². The second-order valence-corrected chi connectivity index (χ2v) is 5.44. The fourth-order valence-electron chi connectivity index (χ4n) is 2.78. The van der Waals surface area contributed by atoms with E-state index in [1.807, 2.05) is 0 Å². The van der Waals surface area contributed by atoms with Crippen molar-refractivity contribution in [3.8, 4) is 0 Å². The third kappa shape index (κ3) is 3.23. The number of rotatable bonds is 4. The maximum absolute atomic E-state index is 13.1. The van der Waals surface area contributed by atoms with E-state index < -0.39 is 17.6 Å². The van der Waals surface area contributed by atoms with E-state index >= 15 is 0 Å². The first-order valence-corrected chi connectivity index (χ1v) is 7.25. The molecule has 0 aliphatic carbocycles. The van der Waals surface area contributed by atoms with E-state index in [2.05, 4.69) is 15.1 Å². The Morgan fingerprint density at radius 3 is 2.92 bits per heavy atom. The number of amides is 1. The van der Waals surface area contributed by atoms with E-state index in [1.54, 1.807) is 4.90 Å². The number of aromatic nitrogens is 3. The Bertz CT molecular complexity index is 746. The third-order valence-corrected chi connectivity index (χ3v) is 3.86. The average Bonchev–Trinajstić information content (AvgIpc) is 3.15. The van der Waals surface area contributed by atoms with Crippen molar-refractivity contribution in [2.45, 2.75) is 31.6 Å². The smallest absolute Gasteiger partial charge is 0.363 e. The maximum atomic E-state index is 13.1. The first kappa shape index (κ1) is 16.4. The Morgan fingerprint density at radius 1 is 1.46 bits per heavy atom. The zero-order valence-electron chi connectivity index (χ0n) is 12.5. The summed E-state index contributed by atoms with van der Waals surface area (Å²) < 4.78 is 44.3. The number of halogens is 3. The first-order valence-electron chi connectivity index (χ1n) is 7.25. The summed E-state index contributed by atoms with van der Waals surface area (Å²) >= 11 is 0. The Labute approximate surface area is 134 Å². The zero-order valence-corrected chi connectivity index (χ0v) is 12.5. The SMILES string of the molecule is NC(=O)c1noc(C2CCCN2Cc2ncccc2C(F)(F)F)n1. The van der Waals surface area contributed by atoms with Crippen molar-refractivity contribution < 1.29 is 22.5 Å². The van der Waals surface area contributed by atoms with Crippen molar-refractivity contribution in [3.05, 3.63) is 41.3 Å². The van der Waals surface area contributed by atoms with Gasteiger partial charge in [0.15, 0.2) is 0 Å². The Kier molecular flexibility index (Phi) is 4.22. The lowest BCUT2D eigenvalue weighted by molar-refractivity contribution is -0.138. The van der Waals surface area contributed by atoms with Gasteiger partial charge in [0.05, 0.1) is 17.3 Å². The number of alkyl halides is 3. The van der Waals surface area contributed by atoms with Gasteiger partial charge in [-0.05, 0) is 31.5 Å². The van der Waals surface area contributed by atoms with Crippen LogP contribution in [0.5, 0.6) is 0 Å². The summed E-state index contributed by atoms with van der Waals surface area (Å²) in [5, 5.41) is 3.48. The molecule has 1 aliphatic heterocycles. The lowest BCUT2D eigenvalue weighted by atomic mass is 10.1. The van der Waals surface area contributed by atoms with E-state index in [1.165, 1.54) is 12.3 Å². The second kappa shape index (κ2) is 6.19. The predicted octanol–water partition coefficient (Wildman–Crippen LogP) is 1.92. The molecule has 1 fully saturated rings. The molecule has 0 radical (unpaired) electrons. The highest BCUT2D eigenvalue weighted by Crippen LogP contribution is 2.35. The molecular weight excluding hydrogens is 327 g/mol. The lowest BCUT2D eigenvalue weighted by Gasteiger charge is -2.22. The van der Waals surface area contributed by atoms with Crippen molar-refractivity contribution in [1.29, 1.82) is 0 Å². The molecule has 3 rings (SSSR count). The summed E-state index contributed by atoms with van der Waals surface area (Å²) in [6.45, 7) is 0.557. The van der Waals surface area contributed by atoms with Crippen LogP contribution in [0.1, 0.15) is 46.7 Å². The van der Waals surface area contributed by atoms with Crippen LogP contribution in [-0.2, 0) is 12.7 Å². The van der Waals surface area contributed by atoms with Gasteiger partial charge in [-0.1, -0.05) is 5.16 Å². The number of primary amides is 1. The highest BCUT2D eigenvalue weighted by atomic mass is 19.4. The standard InChI is InChI=1S/C14H14F3N5O2/c15-14(16,17)8-3-1-5-19-9(8)7-22-6-2-4-10(22)13-20-12(11(18)23)21-24-13/h1,3,5,10H,2,4,6-7H2,(H2,18,23). The largest absolute Gasteiger partial charge is 0.418 e. The van der Waals surface area contributed by atoms with Gasteiger partial charge in [-0.3, -0.25) is 14.7 Å². The lowest BCUT2D eigenvalue weighted by Crippen LogP contribution is -2.25. The van der Waals surface area contributed by atoms with Gasteiger partial charge in [0.1, 0.15) is 0 Å². The first-order chi connectivity index (χ1) is 11.4. The van der Waals surface area contributed by atoms with Gasteiger partial charge in [-0.2, -0.15) is 18.2 Å². The molecule has 2 N–H and O–H groups in total. The highest BCUT2D eigenvalue weighted by Gasteiger charge is 2.37. The minimum Gasteiger partial charge on any atom is -0.363 e. The van der Waals surface area contributed by atoms with Gasteiger partial charge >= 0.3 is 6.18 Å². The second-order valence-electron chi connectivity index (χ2n) is 5.44. The molecule has 1 aliphatic rings. The molecule has 2 aromatic rings. The number of hydrogen-bond donors (Lipinski definition) is 1. The molecular formula is C14H14F3N5O2. The van der Waals surface area contributed by atoms with E-state index in [4.69, 9.17) is 10.3 Å². The number of hydrogen-bond acceptors (Lipinski definition) is 6. The van der Waals surface area contributed by atoms with Crippen LogP contribution in [0.15, 0.2) is 22.9 Å². The molecule has 3 heterocycles. The number of likely N-dealkylation sites (tertiary alicyclic amines) is 1. The van der Waals surface area contributed by atoms with Gasteiger partial charge < -0.3 is 10.3 Å². The summed E-state index contributed by atoms with van der Waals surface area (Å²) in [7, 11) is 0. The molecule has 1 amide bonds. The van der Waals surface area contributed by atoms with E-state index in [-0.39, 0.29) is 30.0 Å². The summed E-state index contributed by atoms with van der Waals surface area (Å²) in [6, 6.07) is 1.89. The summed E-state index contributed by atoms with van der Waals surface area (Å²) in [5.74, 6) is -0.893. The van der Waals surface area contributed by atoms with Gasteiger partial charge in [0, 0.05) is 12.7 Å². The zero-order chi connectivity index (χ0) is 17.3. The number of pyridine rings is 1. The molecule has 0 bridgehead atoms. The summed E-state index contributed by atoms with van der Waals surface area (Å²) in [6.07, 6.45) is -1.75. The van der Waals surface area contributed by atoms with Crippen LogP contribution < -0.4 is 5.73 Å². The fourth-order valence-corrected chi connectivity index (χ4v) is 2.78. The summed E-state index contributed by atoms with van der Waals surface area (Å²) in [5.41, 5.74) is 4.25. The maximum Gasteiger partial charge on any atom is 0.418 e. The average molecular weight is 341 g/mol. The Hall–Kier alpha value is -2.49. The molecule has 128 valence electrons. The molecule has 1 saturated heterocycles. The molecule has 2 aromatic heterocycles. The van der Waals surface area contributed by atoms with E-state index in [9.17, 15) is 18.0 Å². The minimum atomic E-state index is -4.47. The molecule has 10 heteroatoms. The van der Waals surface area contributed by atoms with Crippen LogP contribution in [0.25, 0.3) is 0 Å². The molecule has 0 aromatic carbocycles. The van der Waals surface area contributed by atoms with Gasteiger partial charge in [0.2, 0.25) is 5.89 Å². The van der Waals surface area contributed by atoms with Crippen LogP contribution in [0.4, 0.5) is 13.2 Å². The topological polar surface area (TPSA) is 98.1 Å². The number of nitrogens with two attached hydrogens (primary N) is 1. The quantitative estimate of drug-likeness (QED) is 0.912. The van der Waals surface area contributed by atoms with Crippen LogP contribution >= 0.6 is 0 Å². The normalized spacial score (nSPS) is 18.9. The number of carbonyl (C=O) groups is 1.